The highest BCUT2D eigenvalue weighted by atomic mass is 16.6. The molecule has 8 aliphatic carbocycles. The second-order valence-corrected chi connectivity index (χ2v) is 18.9. The summed E-state index contributed by atoms with van der Waals surface area (Å²) in [6.07, 6.45) is 13.1. The van der Waals surface area contributed by atoms with Gasteiger partial charge in [0.2, 0.25) is 0 Å². The number of cyclic esters (lactones) is 2. The van der Waals surface area contributed by atoms with E-state index in [1.807, 2.05) is 12.1 Å². The smallest absolute Gasteiger partial charge is 0.410 e. The van der Waals surface area contributed by atoms with Crippen LogP contribution in [-0.4, -0.2) is 47.2 Å². The molecule has 0 N–H and O–H groups in total. The second-order valence-electron chi connectivity index (χ2n) is 18.9. The standard InChI is InChI=1S/2C25H27NO2/c27-25-26(24-21-10-16-9-17(12-21)13-22(24)11-16)15-23(28-25)20-8-4-7-19(14-20)18-5-2-1-3-6-18;27-25-26(24-21-11-16-10-17(13-21)14-22(24)12-16)15-23(28-25)20-8-6-19(7-9-20)18-4-2-1-3-5-18/h1-8,14,16-17,21-24H,9-13,15H2;1-9,16-17,21-24H,10-15H2. The molecule has 8 saturated carbocycles. The highest BCUT2D eigenvalue weighted by Gasteiger charge is 2.54. The zero-order valence-electron chi connectivity index (χ0n) is 32.3. The molecule has 56 heavy (non-hydrogen) atoms. The third kappa shape index (κ3) is 6.32. The van der Waals surface area contributed by atoms with Crippen LogP contribution in [0.15, 0.2) is 109 Å². The van der Waals surface area contributed by atoms with Gasteiger partial charge in [0.05, 0.1) is 13.1 Å². The molecule has 10 fully saturated rings. The van der Waals surface area contributed by atoms with Gasteiger partial charge >= 0.3 is 12.2 Å². The van der Waals surface area contributed by atoms with Crippen LogP contribution in [0.1, 0.15) is 87.5 Å². The van der Waals surface area contributed by atoms with Gasteiger partial charge in [-0.25, -0.2) is 9.59 Å². The van der Waals surface area contributed by atoms with Crippen LogP contribution in [0.2, 0.25) is 0 Å². The molecule has 6 heteroatoms. The monoisotopic (exact) mass is 746 g/mol. The van der Waals surface area contributed by atoms with Gasteiger partial charge < -0.3 is 19.3 Å². The molecular weight excluding hydrogens is 693 g/mol. The number of ether oxygens (including phenoxy) is 2. The van der Waals surface area contributed by atoms with Crippen LogP contribution in [0.4, 0.5) is 9.59 Å². The van der Waals surface area contributed by atoms with Crippen LogP contribution < -0.4 is 0 Å². The summed E-state index contributed by atoms with van der Waals surface area (Å²) in [5.74, 6) is 6.55. The Balaban J connectivity index is 0.000000130. The first-order valence-corrected chi connectivity index (χ1v) is 21.7. The summed E-state index contributed by atoms with van der Waals surface area (Å²) in [5.41, 5.74) is 7.02. The molecule has 8 bridgehead atoms. The normalized spacial score (nSPS) is 36.0. The lowest BCUT2D eigenvalue weighted by Crippen LogP contribution is -2.56. The Morgan fingerprint density at radius 2 is 0.786 bits per heavy atom. The summed E-state index contributed by atoms with van der Waals surface area (Å²) in [5, 5.41) is 0. The first-order chi connectivity index (χ1) is 27.5. The number of amides is 2. The predicted octanol–water partition coefficient (Wildman–Crippen LogP) is 11.3. The molecule has 288 valence electrons. The Hall–Kier alpha value is -4.58. The Labute approximate surface area is 331 Å². The van der Waals surface area contributed by atoms with Crippen molar-refractivity contribution in [1.29, 1.82) is 0 Å². The lowest BCUT2D eigenvalue weighted by Gasteiger charge is -2.56. The Morgan fingerprint density at radius 1 is 0.393 bits per heavy atom. The van der Waals surface area contributed by atoms with Crippen molar-refractivity contribution in [3.63, 3.8) is 0 Å². The van der Waals surface area contributed by atoms with Crippen LogP contribution in [0.25, 0.3) is 22.3 Å². The van der Waals surface area contributed by atoms with Gasteiger partial charge in [0.1, 0.15) is 12.2 Å². The Kier molecular flexibility index (Phi) is 8.73. The fourth-order valence-electron chi connectivity index (χ4n) is 13.7. The van der Waals surface area contributed by atoms with E-state index in [4.69, 9.17) is 9.47 Å². The minimum atomic E-state index is -0.145. The van der Waals surface area contributed by atoms with Crippen molar-refractivity contribution in [2.45, 2.75) is 88.5 Å². The summed E-state index contributed by atoms with van der Waals surface area (Å²) in [6, 6.07) is 38.7. The topological polar surface area (TPSA) is 59.1 Å². The average molecular weight is 747 g/mol. The molecule has 2 amide bonds. The van der Waals surface area contributed by atoms with Crippen LogP contribution in [-0.2, 0) is 9.47 Å². The number of rotatable bonds is 6. The van der Waals surface area contributed by atoms with Gasteiger partial charge in [-0.05, 0) is 151 Å². The molecule has 2 unspecified atom stereocenters. The van der Waals surface area contributed by atoms with Crippen molar-refractivity contribution in [2.24, 2.45) is 47.3 Å². The summed E-state index contributed by atoms with van der Waals surface area (Å²) in [4.78, 5) is 29.8. The minimum Gasteiger partial charge on any atom is -0.439 e. The number of carbonyl (C=O) groups excluding carboxylic acids is 2. The van der Waals surface area contributed by atoms with Gasteiger partial charge in [-0.3, -0.25) is 0 Å². The Morgan fingerprint density at radius 3 is 1.25 bits per heavy atom. The van der Waals surface area contributed by atoms with E-state index in [1.165, 1.54) is 86.5 Å². The molecule has 14 rings (SSSR count). The Bertz CT molecular complexity index is 2010. The van der Waals surface area contributed by atoms with Gasteiger partial charge in [0, 0.05) is 12.1 Å². The van der Waals surface area contributed by atoms with Crippen molar-refractivity contribution < 1.29 is 19.1 Å². The van der Waals surface area contributed by atoms with E-state index < -0.39 is 0 Å². The zero-order valence-corrected chi connectivity index (χ0v) is 32.3. The fourth-order valence-corrected chi connectivity index (χ4v) is 13.7. The largest absolute Gasteiger partial charge is 0.439 e. The van der Waals surface area contributed by atoms with E-state index in [0.717, 1.165) is 41.3 Å². The van der Waals surface area contributed by atoms with Gasteiger partial charge in [0.15, 0.2) is 0 Å². The lowest BCUT2D eigenvalue weighted by atomic mass is 9.54. The molecule has 2 heterocycles. The zero-order chi connectivity index (χ0) is 37.3. The van der Waals surface area contributed by atoms with Crippen LogP contribution in [0, 0.1) is 47.3 Å². The molecule has 2 atom stereocenters. The fraction of sp³-hybridized carbons (Fsp3) is 0.480. The lowest BCUT2D eigenvalue weighted by molar-refractivity contribution is -0.0480. The van der Waals surface area contributed by atoms with Gasteiger partial charge in [-0.2, -0.15) is 0 Å². The van der Waals surface area contributed by atoms with Crippen molar-refractivity contribution in [3.8, 4) is 22.3 Å². The van der Waals surface area contributed by atoms with E-state index in [9.17, 15) is 9.59 Å². The molecular formula is C50H54N2O4. The summed E-state index contributed by atoms with van der Waals surface area (Å²) >= 11 is 0. The van der Waals surface area contributed by atoms with E-state index >= 15 is 0 Å². The molecule has 0 spiro atoms. The number of carbonyl (C=O) groups is 2. The van der Waals surface area contributed by atoms with Crippen molar-refractivity contribution in [1.82, 2.24) is 9.80 Å². The molecule has 0 aromatic heterocycles. The third-order valence-electron chi connectivity index (χ3n) is 15.5. The van der Waals surface area contributed by atoms with Crippen molar-refractivity contribution in [2.75, 3.05) is 13.1 Å². The van der Waals surface area contributed by atoms with Crippen molar-refractivity contribution >= 4 is 12.2 Å². The summed E-state index contributed by atoms with van der Waals surface area (Å²) in [7, 11) is 0. The maximum absolute atomic E-state index is 12.8. The highest BCUT2D eigenvalue weighted by molar-refractivity contribution is 5.72. The van der Waals surface area contributed by atoms with Gasteiger partial charge in [-0.15, -0.1) is 0 Å². The molecule has 2 saturated heterocycles. The quantitative estimate of drug-likeness (QED) is 0.197. The van der Waals surface area contributed by atoms with Crippen LogP contribution in [0.5, 0.6) is 0 Å². The van der Waals surface area contributed by atoms with E-state index in [0.29, 0.717) is 42.3 Å². The maximum atomic E-state index is 12.8. The van der Waals surface area contributed by atoms with Crippen LogP contribution in [0.3, 0.4) is 0 Å². The number of hydrogen-bond acceptors (Lipinski definition) is 4. The summed E-state index contributed by atoms with van der Waals surface area (Å²) < 4.78 is 11.7. The predicted molar refractivity (Wildman–Crippen MR) is 217 cm³/mol. The average Bonchev–Trinajstić information content (AvgIpc) is 3.80. The highest BCUT2D eigenvalue weighted by Crippen LogP contribution is 2.57. The van der Waals surface area contributed by atoms with E-state index in [2.05, 4.69) is 107 Å². The minimum absolute atomic E-state index is 0.0883. The van der Waals surface area contributed by atoms with E-state index in [-0.39, 0.29) is 24.4 Å². The summed E-state index contributed by atoms with van der Waals surface area (Å²) in [6.45, 7) is 1.43. The first kappa shape index (κ1) is 34.7. The molecule has 4 aromatic carbocycles. The molecule has 6 nitrogen and oxygen atoms in total. The molecule has 10 aliphatic rings. The number of hydrogen-bond donors (Lipinski definition) is 0. The van der Waals surface area contributed by atoms with Gasteiger partial charge in [0.25, 0.3) is 0 Å². The van der Waals surface area contributed by atoms with Crippen LogP contribution >= 0.6 is 0 Å². The number of benzene rings is 4. The van der Waals surface area contributed by atoms with Crippen molar-refractivity contribution in [3.05, 3.63) is 120 Å². The number of nitrogens with zero attached hydrogens (tertiary/aromatic N) is 2. The SMILES string of the molecule is O=C1OC(c2ccc(-c3ccccc3)cc2)CN1C1C2CC3CC(C2)CC1C3.O=C1OC(c2cccc(-c3ccccc3)c2)CN1C1C2CC3CC(C2)CC1C3. The molecule has 2 aliphatic heterocycles. The first-order valence-electron chi connectivity index (χ1n) is 21.7. The second kappa shape index (κ2) is 14.1. The maximum Gasteiger partial charge on any atom is 0.410 e. The third-order valence-corrected chi connectivity index (χ3v) is 15.5. The molecule has 4 aromatic rings. The molecule has 0 radical (unpaired) electrons. The van der Waals surface area contributed by atoms with E-state index in [1.54, 1.807) is 0 Å². The van der Waals surface area contributed by atoms with Gasteiger partial charge in [-0.1, -0.05) is 103 Å².